The van der Waals surface area contributed by atoms with E-state index in [2.05, 4.69) is 0 Å². The van der Waals surface area contributed by atoms with E-state index in [1.165, 1.54) is 19.3 Å². The van der Waals surface area contributed by atoms with E-state index in [1.54, 1.807) is 0 Å². The van der Waals surface area contributed by atoms with Crippen molar-refractivity contribution in [3.63, 3.8) is 0 Å². The van der Waals surface area contributed by atoms with Gasteiger partial charge in [0.25, 0.3) is 0 Å². The Morgan fingerprint density at radius 1 is 1.69 bits per heavy atom. The van der Waals surface area contributed by atoms with Gasteiger partial charge < -0.3 is 10.5 Å². The molecular formula is C10H17NO2. The van der Waals surface area contributed by atoms with E-state index in [4.69, 9.17) is 10.5 Å². The molecule has 0 aromatic rings. The van der Waals surface area contributed by atoms with Crippen LogP contribution in [0, 0.1) is 11.3 Å². The van der Waals surface area contributed by atoms with E-state index in [1.807, 2.05) is 6.92 Å². The molecule has 2 fully saturated rings. The van der Waals surface area contributed by atoms with Crippen LogP contribution in [0.2, 0.25) is 0 Å². The maximum atomic E-state index is 11.1. The largest absolute Gasteiger partial charge is 0.466 e. The van der Waals surface area contributed by atoms with Crippen LogP contribution in [0.25, 0.3) is 0 Å². The summed E-state index contributed by atoms with van der Waals surface area (Å²) < 4.78 is 4.86. The van der Waals surface area contributed by atoms with E-state index in [0.29, 0.717) is 24.4 Å². The third-order valence-corrected chi connectivity index (χ3v) is 3.37. The van der Waals surface area contributed by atoms with Gasteiger partial charge in [0, 0.05) is 6.04 Å². The molecule has 0 amide bonds. The first-order valence-corrected chi connectivity index (χ1v) is 5.09. The lowest BCUT2D eigenvalue weighted by atomic mass is 10.1. The zero-order valence-electron chi connectivity index (χ0n) is 8.08. The Labute approximate surface area is 78.6 Å². The molecule has 0 aromatic heterocycles. The van der Waals surface area contributed by atoms with Crippen molar-refractivity contribution in [2.24, 2.45) is 17.1 Å². The lowest BCUT2D eigenvalue weighted by molar-refractivity contribution is -0.143. The molecular weight excluding hydrogens is 166 g/mol. The fraction of sp³-hybridized carbons (Fsp3) is 0.900. The van der Waals surface area contributed by atoms with Gasteiger partial charge in [-0.3, -0.25) is 4.79 Å². The van der Waals surface area contributed by atoms with Crippen molar-refractivity contribution in [1.82, 2.24) is 0 Å². The molecule has 1 spiro atoms. The van der Waals surface area contributed by atoms with Crippen molar-refractivity contribution in [3.05, 3.63) is 0 Å². The average Bonchev–Trinajstić information content (AvgIpc) is 2.93. The second-order valence-corrected chi connectivity index (χ2v) is 4.35. The summed E-state index contributed by atoms with van der Waals surface area (Å²) in [5.74, 6) is 0.467. The molecule has 2 atom stereocenters. The summed E-state index contributed by atoms with van der Waals surface area (Å²) in [5.41, 5.74) is 6.51. The van der Waals surface area contributed by atoms with E-state index < -0.39 is 0 Å². The van der Waals surface area contributed by atoms with Gasteiger partial charge in [-0.1, -0.05) is 0 Å². The zero-order chi connectivity index (χ0) is 9.47. The minimum absolute atomic E-state index is 0.0431. The lowest BCUT2D eigenvalue weighted by Gasteiger charge is -2.09. The topological polar surface area (TPSA) is 52.3 Å². The standard InChI is InChI=1S/C10H17NO2/c1-2-13-9(12)5-8(11)7-6-10(7)3-4-10/h7-8H,2-6,11H2,1H3/t7?,8-/m1/s1. The van der Waals surface area contributed by atoms with Crippen LogP contribution in [0.15, 0.2) is 0 Å². The third kappa shape index (κ3) is 1.70. The highest BCUT2D eigenvalue weighted by atomic mass is 16.5. The number of carbonyl (C=O) groups excluding carboxylic acids is 1. The van der Waals surface area contributed by atoms with Crippen LogP contribution < -0.4 is 5.73 Å². The quantitative estimate of drug-likeness (QED) is 0.663. The molecule has 2 saturated carbocycles. The van der Waals surface area contributed by atoms with E-state index >= 15 is 0 Å². The van der Waals surface area contributed by atoms with Crippen molar-refractivity contribution in [1.29, 1.82) is 0 Å². The third-order valence-electron chi connectivity index (χ3n) is 3.37. The van der Waals surface area contributed by atoms with E-state index in [-0.39, 0.29) is 12.0 Å². The van der Waals surface area contributed by atoms with Gasteiger partial charge in [-0.15, -0.1) is 0 Å². The fourth-order valence-corrected chi connectivity index (χ4v) is 2.27. The molecule has 74 valence electrons. The van der Waals surface area contributed by atoms with E-state index in [9.17, 15) is 4.79 Å². The second-order valence-electron chi connectivity index (χ2n) is 4.35. The molecule has 3 nitrogen and oxygen atoms in total. The minimum atomic E-state index is -0.141. The van der Waals surface area contributed by atoms with Gasteiger partial charge in [-0.05, 0) is 37.5 Å². The van der Waals surface area contributed by atoms with Crippen LogP contribution >= 0.6 is 0 Å². The SMILES string of the molecule is CCOC(=O)C[C@@H](N)C1CC12CC2. The van der Waals surface area contributed by atoms with Crippen molar-refractivity contribution in [2.75, 3.05) is 6.61 Å². The first-order valence-electron chi connectivity index (χ1n) is 5.09. The monoisotopic (exact) mass is 183 g/mol. The molecule has 0 saturated heterocycles. The summed E-state index contributed by atoms with van der Waals surface area (Å²) in [6.45, 7) is 2.28. The Balaban J connectivity index is 1.72. The Morgan fingerprint density at radius 3 is 2.85 bits per heavy atom. The average molecular weight is 183 g/mol. The number of hydrogen-bond donors (Lipinski definition) is 1. The number of rotatable bonds is 4. The molecule has 0 aliphatic heterocycles. The van der Waals surface area contributed by atoms with Crippen molar-refractivity contribution >= 4 is 5.97 Å². The molecule has 13 heavy (non-hydrogen) atoms. The molecule has 1 unspecified atom stereocenters. The molecule has 0 heterocycles. The molecule has 2 rings (SSSR count). The van der Waals surface area contributed by atoms with Crippen LogP contribution in [-0.4, -0.2) is 18.6 Å². The van der Waals surface area contributed by atoms with Gasteiger partial charge in [-0.2, -0.15) is 0 Å². The van der Waals surface area contributed by atoms with Gasteiger partial charge >= 0.3 is 5.97 Å². The Bertz CT molecular complexity index is 223. The van der Waals surface area contributed by atoms with Gasteiger partial charge in [0.1, 0.15) is 0 Å². The van der Waals surface area contributed by atoms with Gasteiger partial charge in [0.15, 0.2) is 0 Å². The molecule has 0 radical (unpaired) electrons. The van der Waals surface area contributed by atoms with Crippen LogP contribution in [0.4, 0.5) is 0 Å². The maximum Gasteiger partial charge on any atom is 0.307 e. The molecule has 0 bridgehead atoms. The van der Waals surface area contributed by atoms with Crippen LogP contribution in [-0.2, 0) is 9.53 Å². The summed E-state index contributed by atoms with van der Waals surface area (Å²) in [6.07, 6.45) is 4.30. The Morgan fingerprint density at radius 2 is 2.38 bits per heavy atom. The fourth-order valence-electron chi connectivity index (χ4n) is 2.27. The summed E-state index contributed by atoms with van der Waals surface area (Å²) in [6, 6.07) is 0.0431. The van der Waals surface area contributed by atoms with E-state index in [0.717, 1.165) is 0 Å². The lowest BCUT2D eigenvalue weighted by Crippen LogP contribution is -2.28. The van der Waals surface area contributed by atoms with Gasteiger partial charge in [0.2, 0.25) is 0 Å². The highest BCUT2D eigenvalue weighted by molar-refractivity contribution is 5.70. The molecule has 2 N–H and O–H groups in total. The van der Waals surface area contributed by atoms with Crippen LogP contribution in [0.1, 0.15) is 32.6 Å². The number of nitrogens with two attached hydrogens (primary N) is 1. The maximum absolute atomic E-state index is 11.1. The second kappa shape index (κ2) is 2.98. The van der Waals surface area contributed by atoms with Crippen LogP contribution in [0.5, 0.6) is 0 Å². The number of carbonyl (C=O) groups is 1. The molecule has 2 aliphatic carbocycles. The first-order chi connectivity index (χ1) is 6.18. The normalized spacial score (nSPS) is 29.8. The summed E-state index contributed by atoms with van der Waals surface area (Å²) >= 11 is 0. The molecule has 2 aliphatic rings. The summed E-state index contributed by atoms with van der Waals surface area (Å²) in [4.78, 5) is 11.1. The number of ether oxygens (including phenoxy) is 1. The summed E-state index contributed by atoms with van der Waals surface area (Å²) in [5, 5.41) is 0. The number of esters is 1. The smallest absolute Gasteiger partial charge is 0.307 e. The van der Waals surface area contributed by atoms with Gasteiger partial charge in [-0.25, -0.2) is 0 Å². The Hall–Kier alpha value is -0.570. The molecule has 3 heteroatoms. The molecule has 0 aromatic carbocycles. The van der Waals surface area contributed by atoms with Crippen molar-refractivity contribution in [2.45, 2.75) is 38.6 Å². The van der Waals surface area contributed by atoms with Crippen molar-refractivity contribution in [3.8, 4) is 0 Å². The Kier molecular flexibility index (Phi) is 2.06. The predicted molar refractivity (Wildman–Crippen MR) is 49.0 cm³/mol. The minimum Gasteiger partial charge on any atom is -0.466 e. The first kappa shape index (κ1) is 9.00. The van der Waals surface area contributed by atoms with Crippen LogP contribution in [0.3, 0.4) is 0 Å². The van der Waals surface area contributed by atoms with Crippen molar-refractivity contribution < 1.29 is 9.53 Å². The number of hydrogen-bond acceptors (Lipinski definition) is 3. The summed E-state index contributed by atoms with van der Waals surface area (Å²) in [7, 11) is 0. The van der Waals surface area contributed by atoms with Gasteiger partial charge in [0.05, 0.1) is 13.0 Å². The highest BCUT2D eigenvalue weighted by Gasteiger charge is 2.64. The predicted octanol–water partition coefficient (Wildman–Crippen LogP) is 1.07. The zero-order valence-corrected chi connectivity index (χ0v) is 8.08. The highest BCUT2D eigenvalue weighted by Crippen LogP contribution is 2.71.